The van der Waals surface area contributed by atoms with Crippen LogP contribution in [-0.4, -0.2) is 30.0 Å². The molecule has 1 aliphatic rings. The van der Waals surface area contributed by atoms with Crippen molar-refractivity contribution in [1.29, 1.82) is 0 Å². The highest BCUT2D eigenvalue weighted by molar-refractivity contribution is 9.09. The fraction of sp³-hybridized carbons (Fsp3) is 0.900. The Bertz CT molecular complexity index is 200. The molecule has 82 valence electrons. The van der Waals surface area contributed by atoms with Crippen LogP contribution in [0.3, 0.4) is 0 Å². The molecule has 14 heavy (non-hydrogen) atoms. The third-order valence-electron chi connectivity index (χ3n) is 2.48. The summed E-state index contributed by atoms with van der Waals surface area (Å²) in [7, 11) is 0. The Labute approximate surface area is 93.7 Å². The Morgan fingerprint density at radius 2 is 2.36 bits per heavy atom. The van der Waals surface area contributed by atoms with Gasteiger partial charge in [-0.15, -0.1) is 0 Å². The molecule has 0 radical (unpaired) electrons. The van der Waals surface area contributed by atoms with E-state index >= 15 is 0 Å². The summed E-state index contributed by atoms with van der Waals surface area (Å²) in [6.45, 7) is 5.39. The van der Waals surface area contributed by atoms with E-state index < -0.39 is 0 Å². The fourth-order valence-corrected chi connectivity index (χ4v) is 2.47. The first-order valence-electron chi connectivity index (χ1n) is 5.01. The summed E-state index contributed by atoms with van der Waals surface area (Å²) in [6.07, 6.45) is 1.79. The Morgan fingerprint density at radius 1 is 1.64 bits per heavy atom. The standard InChI is InChI=1S/C10H18BrNO2/c1-10(2,4-5-11)12-9(13)8-3-6-14-7-8/h8H,3-7H2,1-2H3,(H,12,13). The summed E-state index contributed by atoms with van der Waals surface area (Å²) in [4.78, 5) is 11.7. The Balaban J connectivity index is 2.38. The summed E-state index contributed by atoms with van der Waals surface area (Å²) in [5, 5.41) is 3.95. The van der Waals surface area contributed by atoms with Crippen LogP contribution in [-0.2, 0) is 9.53 Å². The highest BCUT2D eigenvalue weighted by Gasteiger charge is 2.27. The number of hydrogen-bond donors (Lipinski definition) is 1. The molecule has 0 aliphatic carbocycles. The topological polar surface area (TPSA) is 38.3 Å². The van der Waals surface area contributed by atoms with E-state index in [-0.39, 0.29) is 17.4 Å². The minimum Gasteiger partial charge on any atom is -0.381 e. The van der Waals surface area contributed by atoms with Gasteiger partial charge in [0.05, 0.1) is 12.5 Å². The number of alkyl halides is 1. The Morgan fingerprint density at radius 3 is 2.86 bits per heavy atom. The lowest BCUT2D eigenvalue weighted by Crippen LogP contribution is -2.46. The summed E-state index contributed by atoms with van der Waals surface area (Å²) in [6, 6.07) is 0. The number of hydrogen-bond acceptors (Lipinski definition) is 2. The van der Waals surface area contributed by atoms with E-state index in [9.17, 15) is 4.79 Å². The number of carbonyl (C=O) groups excluding carboxylic acids is 1. The predicted octanol–water partition coefficient (Wildman–Crippen LogP) is 1.70. The fourth-order valence-electron chi connectivity index (χ4n) is 1.48. The molecule has 4 heteroatoms. The highest BCUT2D eigenvalue weighted by atomic mass is 79.9. The second-order valence-corrected chi connectivity index (χ2v) is 5.17. The van der Waals surface area contributed by atoms with E-state index in [4.69, 9.17) is 4.74 Å². The summed E-state index contributed by atoms with van der Waals surface area (Å²) in [5.74, 6) is 0.193. The first-order valence-corrected chi connectivity index (χ1v) is 6.13. The van der Waals surface area contributed by atoms with E-state index in [2.05, 4.69) is 21.2 Å². The van der Waals surface area contributed by atoms with Crippen LogP contribution in [0.4, 0.5) is 0 Å². The van der Waals surface area contributed by atoms with Crippen molar-refractivity contribution in [1.82, 2.24) is 5.32 Å². The summed E-state index contributed by atoms with van der Waals surface area (Å²) in [5.41, 5.74) is -0.122. The SMILES string of the molecule is CC(C)(CCBr)NC(=O)C1CCOC1. The van der Waals surface area contributed by atoms with Crippen LogP contribution >= 0.6 is 15.9 Å². The van der Waals surface area contributed by atoms with E-state index in [1.807, 2.05) is 13.8 Å². The zero-order valence-electron chi connectivity index (χ0n) is 8.81. The maximum Gasteiger partial charge on any atom is 0.225 e. The number of carbonyl (C=O) groups is 1. The van der Waals surface area contributed by atoms with Crippen LogP contribution in [0, 0.1) is 5.92 Å². The first kappa shape index (κ1) is 12.0. The Hall–Kier alpha value is -0.0900. The molecule has 1 atom stereocenters. The molecule has 0 aromatic heterocycles. The second-order valence-electron chi connectivity index (χ2n) is 4.37. The van der Waals surface area contributed by atoms with Crippen LogP contribution in [0.1, 0.15) is 26.7 Å². The molecule has 1 fully saturated rings. The van der Waals surface area contributed by atoms with Gasteiger partial charge in [0.1, 0.15) is 0 Å². The first-order chi connectivity index (χ1) is 6.55. The van der Waals surface area contributed by atoms with Crippen molar-refractivity contribution in [2.45, 2.75) is 32.2 Å². The van der Waals surface area contributed by atoms with Crippen LogP contribution in [0.2, 0.25) is 0 Å². The maximum atomic E-state index is 11.7. The van der Waals surface area contributed by atoms with Gasteiger partial charge in [0, 0.05) is 17.5 Å². The molecule has 1 unspecified atom stereocenters. The molecule has 1 amide bonds. The van der Waals surface area contributed by atoms with E-state index in [1.165, 1.54) is 0 Å². The molecule has 1 heterocycles. The number of amides is 1. The largest absolute Gasteiger partial charge is 0.381 e. The number of nitrogens with one attached hydrogen (secondary N) is 1. The number of ether oxygens (including phenoxy) is 1. The average Bonchev–Trinajstić information content (AvgIpc) is 2.53. The normalized spacial score (nSPS) is 22.4. The van der Waals surface area contributed by atoms with Crippen LogP contribution < -0.4 is 5.32 Å². The van der Waals surface area contributed by atoms with Crippen LogP contribution in [0.25, 0.3) is 0 Å². The van der Waals surface area contributed by atoms with Crippen molar-refractivity contribution in [3.8, 4) is 0 Å². The molecule has 1 aliphatic heterocycles. The van der Waals surface area contributed by atoms with Gasteiger partial charge >= 0.3 is 0 Å². The van der Waals surface area contributed by atoms with Gasteiger partial charge in [-0.05, 0) is 26.7 Å². The maximum absolute atomic E-state index is 11.7. The van der Waals surface area contributed by atoms with Gasteiger partial charge in [-0.1, -0.05) is 15.9 Å². The van der Waals surface area contributed by atoms with Crippen molar-refractivity contribution in [2.24, 2.45) is 5.92 Å². The van der Waals surface area contributed by atoms with Crippen LogP contribution in [0.15, 0.2) is 0 Å². The predicted molar refractivity (Wildman–Crippen MR) is 59.6 cm³/mol. The monoisotopic (exact) mass is 263 g/mol. The number of halogens is 1. The van der Waals surface area contributed by atoms with Gasteiger partial charge in [0.15, 0.2) is 0 Å². The lowest BCUT2D eigenvalue weighted by Gasteiger charge is -2.26. The van der Waals surface area contributed by atoms with Gasteiger partial charge in [0.25, 0.3) is 0 Å². The average molecular weight is 264 g/mol. The van der Waals surface area contributed by atoms with Crippen molar-refractivity contribution in [2.75, 3.05) is 18.5 Å². The smallest absolute Gasteiger partial charge is 0.225 e. The molecule has 0 aromatic carbocycles. The van der Waals surface area contributed by atoms with Crippen molar-refractivity contribution in [3.05, 3.63) is 0 Å². The molecule has 1 N–H and O–H groups in total. The van der Waals surface area contributed by atoms with Crippen molar-refractivity contribution < 1.29 is 9.53 Å². The Kier molecular flexibility index (Phi) is 4.38. The highest BCUT2D eigenvalue weighted by Crippen LogP contribution is 2.16. The second kappa shape index (κ2) is 5.12. The minimum atomic E-state index is -0.122. The van der Waals surface area contributed by atoms with Gasteiger partial charge < -0.3 is 10.1 Å². The third-order valence-corrected chi connectivity index (χ3v) is 2.88. The molecule has 1 saturated heterocycles. The lowest BCUT2D eigenvalue weighted by atomic mass is 9.99. The van der Waals surface area contributed by atoms with Crippen molar-refractivity contribution >= 4 is 21.8 Å². The van der Waals surface area contributed by atoms with Gasteiger partial charge in [-0.3, -0.25) is 4.79 Å². The molecule has 3 nitrogen and oxygen atoms in total. The van der Waals surface area contributed by atoms with Crippen LogP contribution in [0.5, 0.6) is 0 Å². The molecule has 0 bridgehead atoms. The zero-order valence-corrected chi connectivity index (χ0v) is 10.4. The van der Waals surface area contributed by atoms with Gasteiger partial charge in [-0.25, -0.2) is 0 Å². The molecule has 0 saturated carbocycles. The third kappa shape index (κ3) is 3.58. The lowest BCUT2D eigenvalue weighted by molar-refractivity contribution is -0.126. The van der Waals surface area contributed by atoms with Gasteiger partial charge in [0.2, 0.25) is 5.91 Å². The molecule has 0 aromatic rings. The molecular weight excluding hydrogens is 246 g/mol. The van der Waals surface area contributed by atoms with E-state index in [0.29, 0.717) is 6.61 Å². The van der Waals surface area contributed by atoms with E-state index in [0.717, 1.165) is 24.8 Å². The molecule has 0 spiro atoms. The van der Waals surface area contributed by atoms with Gasteiger partial charge in [-0.2, -0.15) is 0 Å². The van der Waals surface area contributed by atoms with Crippen molar-refractivity contribution in [3.63, 3.8) is 0 Å². The summed E-state index contributed by atoms with van der Waals surface area (Å²) >= 11 is 3.38. The van der Waals surface area contributed by atoms with E-state index in [1.54, 1.807) is 0 Å². The zero-order chi connectivity index (χ0) is 10.6. The molecular formula is C10H18BrNO2. The number of rotatable bonds is 4. The quantitative estimate of drug-likeness (QED) is 0.785. The minimum absolute atomic E-state index is 0.0598. The summed E-state index contributed by atoms with van der Waals surface area (Å²) < 4.78 is 5.18. The molecule has 1 rings (SSSR count).